The van der Waals surface area contributed by atoms with Gasteiger partial charge in [0.2, 0.25) is 0 Å². The number of halogens is 3. The number of hydrogen-bond donors (Lipinski definition) is 0. The fourth-order valence-corrected chi connectivity index (χ4v) is 1.87. The number of nitro benzene ring substituents is 1. The molecule has 0 unspecified atom stereocenters. The molecule has 0 saturated heterocycles. The third kappa shape index (κ3) is 3.14. The zero-order valence-electron chi connectivity index (χ0n) is 10.2. The van der Waals surface area contributed by atoms with Gasteiger partial charge in [-0.2, -0.15) is 13.2 Å². The van der Waals surface area contributed by atoms with Gasteiger partial charge in [0.05, 0.1) is 10.5 Å². The Morgan fingerprint density at radius 3 is 2.15 bits per heavy atom. The largest absolute Gasteiger partial charge is 0.416 e. The maximum absolute atomic E-state index is 12.4. The van der Waals surface area contributed by atoms with Crippen LogP contribution < -0.4 is 0 Å². The highest BCUT2D eigenvalue weighted by Gasteiger charge is 2.29. The van der Waals surface area contributed by atoms with Gasteiger partial charge >= 0.3 is 6.18 Å². The maximum Gasteiger partial charge on any atom is 0.416 e. The van der Waals surface area contributed by atoms with Gasteiger partial charge in [-0.1, -0.05) is 30.3 Å². The lowest BCUT2D eigenvalue weighted by Crippen LogP contribution is -2.04. The Bertz CT molecular complexity index is 621. The molecule has 0 heterocycles. The Kier molecular flexibility index (Phi) is 3.74. The molecule has 0 bridgehead atoms. The summed E-state index contributed by atoms with van der Waals surface area (Å²) in [6.07, 6.45) is -4.16. The first-order chi connectivity index (χ1) is 9.38. The number of nitro groups is 1. The zero-order valence-corrected chi connectivity index (χ0v) is 10.2. The molecule has 0 radical (unpaired) electrons. The van der Waals surface area contributed by atoms with E-state index in [-0.39, 0.29) is 12.1 Å². The van der Waals surface area contributed by atoms with Gasteiger partial charge in [0.25, 0.3) is 5.69 Å². The van der Waals surface area contributed by atoms with E-state index in [4.69, 9.17) is 0 Å². The van der Waals surface area contributed by atoms with E-state index in [1.54, 1.807) is 18.2 Å². The highest BCUT2D eigenvalue weighted by Crippen LogP contribution is 2.29. The monoisotopic (exact) mass is 281 g/mol. The van der Waals surface area contributed by atoms with Crippen LogP contribution >= 0.6 is 0 Å². The Balaban J connectivity index is 2.25. The van der Waals surface area contributed by atoms with E-state index in [1.807, 2.05) is 0 Å². The molecule has 0 aliphatic carbocycles. The molecule has 0 aromatic heterocycles. The summed E-state index contributed by atoms with van der Waals surface area (Å²) in [6.45, 7) is 0. The van der Waals surface area contributed by atoms with Crippen LogP contribution in [-0.4, -0.2) is 4.92 Å². The molecule has 0 aliphatic heterocycles. The SMILES string of the molecule is O=[N+]([O-])c1ccccc1Cc1ccc(C(F)(F)F)cc1. The average Bonchev–Trinajstić information content (AvgIpc) is 2.38. The molecule has 104 valence electrons. The van der Waals surface area contributed by atoms with Gasteiger partial charge in [-0.05, 0) is 17.7 Å². The summed E-state index contributed by atoms with van der Waals surface area (Å²) in [4.78, 5) is 10.4. The minimum Gasteiger partial charge on any atom is -0.258 e. The first-order valence-corrected chi connectivity index (χ1v) is 5.76. The lowest BCUT2D eigenvalue weighted by Gasteiger charge is -2.08. The quantitative estimate of drug-likeness (QED) is 0.625. The van der Waals surface area contributed by atoms with Crippen LogP contribution in [0.3, 0.4) is 0 Å². The van der Waals surface area contributed by atoms with Crippen molar-refractivity contribution in [2.24, 2.45) is 0 Å². The zero-order chi connectivity index (χ0) is 14.8. The van der Waals surface area contributed by atoms with Crippen LogP contribution in [0.25, 0.3) is 0 Å². The average molecular weight is 281 g/mol. The third-order valence-electron chi connectivity index (χ3n) is 2.86. The molecule has 0 N–H and O–H groups in total. The third-order valence-corrected chi connectivity index (χ3v) is 2.86. The summed E-state index contributed by atoms with van der Waals surface area (Å²) in [5, 5.41) is 10.9. The predicted octanol–water partition coefficient (Wildman–Crippen LogP) is 4.20. The second kappa shape index (κ2) is 5.32. The normalized spacial score (nSPS) is 11.3. The van der Waals surface area contributed by atoms with Crippen LogP contribution in [0.5, 0.6) is 0 Å². The Morgan fingerprint density at radius 2 is 1.60 bits per heavy atom. The molecule has 2 aromatic rings. The van der Waals surface area contributed by atoms with Crippen molar-refractivity contribution in [3.05, 3.63) is 75.3 Å². The molecule has 2 aromatic carbocycles. The molecular formula is C14H10F3NO2. The Labute approximate surface area is 112 Å². The van der Waals surface area contributed by atoms with Gasteiger partial charge in [-0.15, -0.1) is 0 Å². The molecule has 20 heavy (non-hydrogen) atoms. The van der Waals surface area contributed by atoms with Crippen molar-refractivity contribution in [1.82, 2.24) is 0 Å². The van der Waals surface area contributed by atoms with Crippen LogP contribution in [0, 0.1) is 10.1 Å². The van der Waals surface area contributed by atoms with Gasteiger partial charge in [0.15, 0.2) is 0 Å². The fourth-order valence-electron chi connectivity index (χ4n) is 1.87. The van der Waals surface area contributed by atoms with E-state index in [0.717, 1.165) is 12.1 Å². The molecule has 6 heteroatoms. The molecule has 0 atom stereocenters. The topological polar surface area (TPSA) is 43.1 Å². The van der Waals surface area contributed by atoms with E-state index in [9.17, 15) is 23.3 Å². The number of benzene rings is 2. The van der Waals surface area contributed by atoms with Gasteiger partial charge in [0.1, 0.15) is 0 Å². The van der Waals surface area contributed by atoms with Crippen molar-refractivity contribution in [2.45, 2.75) is 12.6 Å². The van der Waals surface area contributed by atoms with Crippen molar-refractivity contribution in [2.75, 3.05) is 0 Å². The predicted molar refractivity (Wildman–Crippen MR) is 67.3 cm³/mol. The lowest BCUT2D eigenvalue weighted by atomic mass is 10.0. The summed E-state index contributed by atoms with van der Waals surface area (Å²) in [6, 6.07) is 10.8. The van der Waals surface area contributed by atoms with Crippen molar-refractivity contribution in [3.8, 4) is 0 Å². The number of nitrogens with zero attached hydrogens (tertiary/aromatic N) is 1. The van der Waals surface area contributed by atoms with E-state index in [2.05, 4.69) is 0 Å². The number of para-hydroxylation sites is 1. The maximum atomic E-state index is 12.4. The second-order valence-corrected chi connectivity index (χ2v) is 4.26. The first-order valence-electron chi connectivity index (χ1n) is 5.76. The first kappa shape index (κ1) is 14.0. The molecule has 0 spiro atoms. The molecule has 0 saturated carbocycles. The van der Waals surface area contributed by atoms with Crippen molar-refractivity contribution >= 4 is 5.69 Å². The van der Waals surface area contributed by atoms with E-state index < -0.39 is 16.7 Å². The minimum absolute atomic E-state index is 0.0348. The molecular weight excluding hydrogens is 271 g/mol. The Morgan fingerprint density at radius 1 is 1.00 bits per heavy atom. The van der Waals surface area contributed by atoms with E-state index >= 15 is 0 Å². The molecule has 0 amide bonds. The molecule has 3 nitrogen and oxygen atoms in total. The van der Waals surface area contributed by atoms with Crippen LogP contribution in [0.15, 0.2) is 48.5 Å². The van der Waals surface area contributed by atoms with Crippen molar-refractivity contribution in [3.63, 3.8) is 0 Å². The Hall–Kier alpha value is -2.37. The van der Waals surface area contributed by atoms with E-state index in [0.29, 0.717) is 11.1 Å². The van der Waals surface area contributed by atoms with Crippen LogP contribution in [0.2, 0.25) is 0 Å². The molecule has 2 rings (SSSR count). The summed E-state index contributed by atoms with van der Waals surface area (Å²) >= 11 is 0. The number of alkyl halides is 3. The van der Waals surface area contributed by atoms with Crippen LogP contribution in [-0.2, 0) is 12.6 Å². The van der Waals surface area contributed by atoms with Gasteiger partial charge in [-0.3, -0.25) is 10.1 Å². The highest BCUT2D eigenvalue weighted by atomic mass is 19.4. The lowest BCUT2D eigenvalue weighted by molar-refractivity contribution is -0.385. The van der Waals surface area contributed by atoms with E-state index in [1.165, 1.54) is 18.2 Å². The summed E-state index contributed by atoms with van der Waals surface area (Å²) in [5.41, 5.74) is 0.292. The van der Waals surface area contributed by atoms with Crippen molar-refractivity contribution < 1.29 is 18.1 Å². The standard InChI is InChI=1S/C14H10F3NO2/c15-14(16,17)12-7-5-10(6-8-12)9-11-3-1-2-4-13(11)18(19)20/h1-8H,9H2. The highest BCUT2D eigenvalue weighted by molar-refractivity contribution is 5.43. The van der Waals surface area contributed by atoms with Crippen LogP contribution in [0.1, 0.15) is 16.7 Å². The van der Waals surface area contributed by atoms with Crippen LogP contribution in [0.4, 0.5) is 18.9 Å². The number of hydrogen-bond acceptors (Lipinski definition) is 2. The summed E-state index contributed by atoms with van der Waals surface area (Å²) < 4.78 is 37.3. The van der Waals surface area contributed by atoms with Gasteiger partial charge < -0.3 is 0 Å². The number of rotatable bonds is 3. The summed E-state index contributed by atoms with van der Waals surface area (Å²) in [7, 11) is 0. The molecule has 0 aliphatic rings. The van der Waals surface area contributed by atoms with Gasteiger partial charge in [-0.25, -0.2) is 0 Å². The fraction of sp³-hybridized carbons (Fsp3) is 0.143. The second-order valence-electron chi connectivity index (χ2n) is 4.26. The van der Waals surface area contributed by atoms with Crippen molar-refractivity contribution in [1.29, 1.82) is 0 Å². The summed E-state index contributed by atoms with van der Waals surface area (Å²) in [5.74, 6) is 0. The molecule has 0 fully saturated rings. The van der Waals surface area contributed by atoms with Gasteiger partial charge in [0, 0.05) is 18.1 Å². The smallest absolute Gasteiger partial charge is 0.258 e. The minimum atomic E-state index is -4.38.